The van der Waals surface area contributed by atoms with E-state index >= 15 is 0 Å². The van der Waals surface area contributed by atoms with Gasteiger partial charge in [-0.15, -0.1) is 16.9 Å². The van der Waals surface area contributed by atoms with Crippen molar-refractivity contribution in [3.63, 3.8) is 0 Å². The van der Waals surface area contributed by atoms with Crippen molar-refractivity contribution in [3.05, 3.63) is 34.7 Å². The van der Waals surface area contributed by atoms with E-state index in [2.05, 4.69) is 41.5 Å². The summed E-state index contributed by atoms with van der Waals surface area (Å²) in [6, 6.07) is 0. The Labute approximate surface area is 124 Å². The Morgan fingerprint density at radius 1 is 1.35 bits per heavy atom. The third kappa shape index (κ3) is 4.68. The second kappa shape index (κ2) is 7.50. The number of likely N-dealkylation sites (N-methyl/N-ethyl adjacent to an activating group) is 1. The van der Waals surface area contributed by atoms with E-state index in [0.717, 1.165) is 43.1 Å². The molecule has 0 fully saturated rings. The van der Waals surface area contributed by atoms with Crippen LogP contribution in [0.15, 0.2) is 29.0 Å². The molecule has 1 aromatic heterocycles. The van der Waals surface area contributed by atoms with Gasteiger partial charge in [-0.3, -0.25) is 4.68 Å². The summed E-state index contributed by atoms with van der Waals surface area (Å²) >= 11 is 1.84. The summed E-state index contributed by atoms with van der Waals surface area (Å²) in [5, 5.41) is 8.37. The van der Waals surface area contributed by atoms with Crippen LogP contribution in [0, 0.1) is 0 Å². The van der Waals surface area contributed by atoms with Crippen LogP contribution in [0.5, 0.6) is 0 Å². The van der Waals surface area contributed by atoms with Gasteiger partial charge in [0.05, 0.1) is 25.1 Å². The summed E-state index contributed by atoms with van der Waals surface area (Å²) in [6.45, 7) is 1.86. The van der Waals surface area contributed by atoms with Gasteiger partial charge in [0.2, 0.25) is 0 Å². The zero-order valence-electron chi connectivity index (χ0n) is 12.4. The topological polar surface area (TPSA) is 43.2 Å². The van der Waals surface area contributed by atoms with Crippen molar-refractivity contribution in [1.29, 1.82) is 0 Å². The molecule has 1 heterocycles. The fraction of sp³-hybridized carbons (Fsp3) is 0.571. The molecule has 0 saturated carbocycles. The largest absolute Gasteiger partial charge is 0.501 e. The summed E-state index contributed by atoms with van der Waals surface area (Å²) in [6.07, 6.45) is 8.28. The van der Waals surface area contributed by atoms with E-state index in [-0.39, 0.29) is 0 Å². The average Bonchev–Trinajstić information content (AvgIpc) is 2.91. The maximum Gasteiger partial charge on any atom is 0.0959 e. The number of thioether (sulfide) groups is 1. The number of allylic oxidation sites excluding steroid dienone is 4. The lowest BCUT2D eigenvalue weighted by molar-refractivity contribution is 0.276. The Morgan fingerprint density at radius 2 is 2.20 bits per heavy atom. The van der Waals surface area contributed by atoms with Crippen molar-refractivity contribution in [2.45, 2.75) is 25.1 Å². The first-order valence-electron chi connectivity index (χ1n) is 6.77. The molecule has 0 saturated heterocycles. The van der Waals surface area contributed by atoms with E-state index in [1.807, 2.05) is 22.6 Å². The molecule has 0 radical (unpaired) electrons. The first-order valence-corrected chi connectivity index (χ1v) is 7.76. The van der Waals surface area contributed by atoms with Crippen LogP contribution < -0.4 is 0 Å². The molecule has 0 amide bonds. The summed E-state index contributed by atoms with van der Waals surface area (Å²) in [5.41, 5.74) is 1.04. The number of aromatic nitrogens is 3. The zero-order chi connectivity index (χ0) is 14.4. The molecule has 0 bridgehead atoms. The van der Waals surface area contributed by atoms with Gasteiger partial charge in [-0.1, -0.05) is 5.21 Å². The Bertz CT molecular complexity index is 493. The highest BCUT2D eigenvalue weighted by molar-refractivity contribution is 8.02. The molecule has 0 aromatic carbocycles. The molecule has 0 aliphatic heterocycles. The van der Waals surface area contributed by atoms with Gasteiger partial charge < -0.3 is 9.64 Å². The van der Waals surface area contributed by atoms with Gasteiger partial charge in [-0.05, 0) is 37.6 Å². The third-order valence-electron chi connectivity index (χ3n) is 3.10. The predicted molar refractivity (Wildman–Crippen MR) is 82.3 cm³/mol. The zero-order valence-corrected chi connectivity index (χ0v) is 13.2. The Morgan fingerprint density at radius 3 is 2.85 bits per heavy atom. The second-order valence-electron chi connectivity index (χ2n) is 5.03. The van der Waals surface area contributed by atoms with Gasteiger partial charge in [0.25, 0.3) is 0 Å². The van der Waals surface area contributed by atoms with Crippen LogP contribution in [0.1, 0.15) is 18.5 Å². The van der Waals surface area contributed by atoms with Crippen molar-refractivity contribution in [2.75, 3.05) is 27.7 Å². The number of hydrogen-bond acceptors (Lipinski definition) is 5. The molecule has 2 rings (SSSR count). The maximum atomic E-state index is 5.23. The van der Waals surface area contributed by atoms with Crippen molar-refractivity contribution < 1.29 is 4.74 Å². The normalized spacial score (nSPS) is 15.2. The molecule has 0 N–H and O–H groups in total. The summed E-state index contributed by atoms with van der Waals surface area (Å²) < 4.78 is 7.14. The molecule has 1 aliphatic rings. The maximum absolute atomic E-state index is 5.23. The van der Waals surface area contributed by atoms with Gasteiger partial charge in [-0.2, -0.15) is 0 Å². The van der Waals surface area contributed by atoms with Crippen LogP contribution in [0.25, 0.3) is 0 Å². The predicted octanol–water partition coefficient (Wildman–Crippen LogP) is 2.28. The lowest BCUT2D eigenvalue weighted by Gasteiger charge is -2.12. The van der Waals surface area contributed by atoms with E-state index < -0.39 is 0 Å². The smallest absolute Gasteiger partial charge is 0.0959 e. The number of methoxy groups -OCH3 is 1. The molecule has 1 aromatic rings. The van der Waals surface area contributed by atoms with Gasteiger partial charge in [0.1, 0.15) is 0 Å². The van der Waals surface area contributed by atoms with Gasteiger partial charge in [0, 0.05) is 24.9 Å². The fourth-order valence-corrected chi connectivity index (χ4v) is 2.75. The lowest BCUT2D eigenvalue weighted by Crippen LogP contribution is -2.18. The van der Waals surface area contributed by atoms with Crippen molar-refractivity contribution in [3.8, 4) is 0 Å². The average molecular weight is 294 g/mol. The van der Waals surface area contributed by atoms with E-state index in [1.165, 1.54) is 4.91 Å². The molecule has 1 aliphatic carbocycles. The molecule has 0 unspecified atom stereocenters. The summed E-state index contributed by atoms with van der Waals surface area (Å²) in [7, 11) is 5.85. The SMILES string of the molecule is COC1=CC=C(SCc2cn(CCN(C)C)nn2)CC1. The molecule has 20 heavy (non-hydrogen) atoms. The molecule has 0 atom stereocenters. The van der Waals surface area contributed by atoms with Crippen LogP contribution in [0.3, 0.4) is 0 Å². The number of nitrogens with zero attached hydrogens (tertiary/aromatic N) is 4. The van der Waals surface area contributed by atoms with Crippen LogP contribution >= 0.6 is 11.8 Å². The van der Waals surface area contributed by atoms with E-state index in [4.69, 9.17) is 4.74 Å². The Hall–Kier alpha value is -1.27. The monoisotopic (exact) mass is 294 g/mol. The minimum absolute atomic E-state index is 0.879. The minimum Gasteiger partial charge on any atom is -0.501 e. The first-order chi connectivity index (χ1) is 9.67. The van der Waals surface area contributed by atoms with Crippen molar-refractivity contribution in [1.82, 2.24) is 19.9 Å². The number of rotatable bonds is 7. The van der Waals surface area contributed by atoms with Gasteiger partial charge in [-0.25, -0.2) is 0 Å². The highest BCUT2D eigenvalue weighted by Gasteiger charge is 2.08. The first kappa shape index (κ1) is 15.1. The number of hydrogen-bond donors (Lipinski definition) is 0. The van der Waals surface area contributed by atoms with Gasteiger partial charge in [0.15, 0.2) is 0 Å². The Kier molecular flexibility index (Phi) is 5.67. The van der Waals surface area contributed by atoms with Gasteiger partial charge >= 0.3 is 0 Å². The van der Waals surface area contributed by atoms with Crippen molar-refractivity contribution >= 4 is 11.8 Å². The molecule has 6 heteroatoms. The van der Waals surface area contributed by atoms with Crippen LogP contribution in [-0.2, 0) is 17.0 Å². The third-order valence-corrected chi connectivity index (χ3v) is 4.25. The van der Waals surface area contributed by atoms with E-state index in [9.17, 15) is 0 Å². The van der Waals surface area contributed by atoms with Crippen LogP contribution in [-0.4, -0.2) is 47.6 Å². The molecular formula is C14H22N4OS. The van der Waals surface area contributed by atoms with Crippen molar-refractivity contribution in [2.24, 2.45) is 0 Å². The summed E-state index contributed by atoms with van der Waals surface area (Å²) in [5.74, 6) is 1.94. The number of ether oxygens (including phenoxy) is 1. The molecule has 0 spiro atoms. The summed E-state index contributed by atoms with van der Waals surface area (Å²) in [4.78, 5) is 3.52. The molecule has 5 nitrogen and oxygen atoms in total. The standard InChI is InChI=1S/C14H22N4OS/c1-17(2)8-9-18-10-12(15-16-18)11-20-14-6-4-13(19-3)5-7-14/h4,6,10H,5,7-9,11H2,1-3H3. The van der Waals surface area contributed by atoms with E-state index in [1.54, 1.807) is 7.11 Å². The molecule has 110 valence electrons. The molecular weight excluding hydrogens is 272 g/mol. The fourth-order valence-electron chi connectivity index (χ4n) is 1.87. The Balaban J connectivity index is 1.80. The van der Waals surface area contributed by atoms with E-state index in [0.29, 0.717) is 0 Å². The lowest BCUT2D eigenvalue weighted by atomic mass is 10.2. The second-order valence-corrected chi connectivity index (χ2v) is 6.14. The van der Waals surface area contributed by atoms with Crippen LogP contribution in [0.4, 0.5) is 0 Å². The highest BCUT2D eigenvalue weighted by atomic mass is 32.2. The van der Waals surface area contributed by atoms with Crippen LogP contribution in [0.2, 0.25) is 0 Å². The highest BCUT2D eigenvalue weighted by Crippen LogP contribution is 2.29. The quantitative estimate of drug-likeness (QED) is 0.772. The minimum atomic E-state index is 0.879.